The minimum atomic E-state index is -0.175. The van der Waals surface area contributed by atoms with E-state index in [0.29, 0.717) is 5.39 Å². The van der Waals surface area contributed by atoms with Gasteiger partial charge in [-0.25, -0.2) is 4.39 Å². The molecule has 106 valence electrons. The van der Waals surface area contributed by atoms with Crippen molar-refractivity contribution in [3.63, 3.8) is 0 Å². The summed E-state index contributed by atoms with van der Waals surface area (Å²) in [6.07, 6.45) is 4.46. The van der Waals surface area contributed by atoms with E-state index in [1.807, 2.05) is 49.6 Å². The first-order valence-electron chi connectivity index (χ1n) is 7.03. The molecular formula is C18H17FN2. The molecule has 0 spiro atoms. The zero-order chi connectivity index (χ0) is 14.7. The number of halogens is 1. The summed E-state index contributed by atoms with van der Waals surface area (Å²) in [5, 5.41) is 4.96. The van der Waals surface area contributed by atoms with Crippen molar-refractivity contribution in [1.82, 2.24) is 10.3 Å². The van der Waals surface area contributed by atoms with Gasteiger partial charge in [0, 0.05) is 23.8 Å². The highest BCUT2D eigenvalue weighted by Crippen LogP contribution is 2.28. The predicted octanol–water partition coefficient (Wildman–Crippen LogP) is 3.88. The molecule has 3 rings (SSSR count). The Labute approximate surface area is 123 Å². The van der Waals surface area contributed by atoms with E-state index in [-0.39, 0.29) is 11.9 Å². The molecule has 3 heteroatoms. The number of hydrogen-bond acceptors (Lipinski definition) is 2. The monoisotopic (exact) mass is 280 g/mol. The number of nitrogens with one attached hydrogen (secondary N) is 1. The van der Waals surface area contributed by atoms with Crippen LogP contribution in [0.5, 0.6) is 0 Å². The van der Waals surface area contributed by atoms with E-state index in [9.17, 15) is 4.39 Å². The van der Waals surface area contributed by atoms with Crippen molar-refractivity contribution in [2.45, 2.75) is 12.5 Å². The number of pyridine rings is 1. The topological polar surface area (TPSA) is 24.9 Å². The molecule has 2 nitrogen and oxygen atoms in total. The van der Waals surface area contributed by atoms with Gasteiger partial charge in [0.15, 0.2) is 0 Å². The third kappa shape index (κ3) is 2.78. The molecule has 2 aromatic carbocycles. The highest BCUT2D eigenvalue weighted by Gasteiger charge is 2.14. The van der Waals surface area contributed by atoms with Crippen LogP contribution >= 0.6 is 0 Å². The van der Waals surface area contributed by atoms with Gasteiger partial charge in [-0.2, -0.15) is 0 Å². The Kier molecular flexibility index (Phi) is 3.93. The molecule has 0 amide bonds. The Morgan fingerprint density at radius 2 is 1.86 bits per heavy atom. The second-order valence-electron chi connectivity index (χ2n) is 5.09. The van der Waals surface area contributed by atoms with Crippen molar-refractivity contribution in [3.8, 4) is 0 Å². The fourth-order valence-corrected chi connectivity index (χ4v) is 2.71. The molecule has 1 aromatic heterocycles. The normalized spacial score (nSPS) is 12.5. The standard InChI is InChI=1S/C18H17FN2/c1-20-18(11-13-5-4-10-21-12-13)16-8-9-17(19)15-7-3-2-6-14(15)16/h2-10,12,18,20H,11H2,1H3. The highest BCUT2D eigenvalue weighted by molar-refractivity contribution is 5.86. The van der Waals surface area contributed by atoms with Gasteiger partial charge < -0.3 is 5.32 Å². The number of aromatic nitrogens is 1. The molecule has 1 N–H and O–H groups in total. The smallest absolute Gasteiger partial charge is 0.131 e. The molecule has 0 saturated heterocycles. The van der Waals surface area contributed by atoms with Crippen molar-refractivity contribution in [1.29, 1.82) is 0 Å². The van der Waals surface area contributed by atoms with E-state index in [1.165, 1.54) is 0 Å². The summed E-state index contributed by atoms with van der Waals surface area (Å²) in [5.41, 5.74) is 2.27. The van der Waals surface area contributed by atoms with Gasteiger partial charge in [0.25, 0.3) is 0 Å². The minimum absolute atomic E-state index is 0.125. The maximum absolute atomic E-state index is 13.9. The van der Waals surface area contributed by atoms with Crippen LogP contribution in [0.2, 0.25) is 0 Å². The van der Waals surface area contributed by atoms with Crippen molar-refractivity contribution in [2.24, 2.45) is 0 Å². The van der Waals surface area contributed by atoms with Crippen molar-refractivity contribution < 1.29 is 4.39 Å². The zero-order valence-electron chi connectivity index (χ0n) is 11.9. The van der Waals surface area contributed by atoms with Crippen molar-refractivity contribution >= 4 is 10.8 Å². The van der Waals surface area contributed by atoms with E-state index >= 15 is 0 Å². The van der Waals surface area contributed by atoms with E-state index in [4.69, 9.17) is 0 Å². The lowest BCUT2D eigenvalue weighted by molar-refractivity contribution is 0.592. The molecule has 0 saturated carbocycles. The van der Waals surface area contributed by atoms with Gasteiger partial charge in [-0.1, -0.05) is 36.4 Å². The minimum Gasteiger partial charge on any atom is -0.313 e. The molecule has 1 atom stereocenters. The van der Waals surface area contributed by atoms with Crippen molar-refractivity contribution in [3.05, 3.63) is 77.9 Å². The summed E-state index contributed by atoms with van der Waals surface area (Å²) in [6, 6.07) is 15.1. The Morgan fingerprint density at radius 3 is 2.57 bits per heavy atom. The molecule has 0 bridgehead atoms. The van der Waals surface area contributed by atoms with Gasteiger partial charge in [0.05, 0.1) is 0 Å². The number of benzene rings is 2. The Bertz CT molecular complexity index is 741. The van der Waals surface area contributed by atoms with Crippen LogP contribution in [0.15, 0.2) is 60.9 Å². The molecular weight excluding hydrogens is 263 g/mol. The Hall–Kier alpha value is -2.26. The lowest BCUT2D eigenvalue weighted by Gasteiger charge is -2.19. The summed E-state index contributed by atoms with van der Waals surface area (Å²) < 4.78 is 13.9. The summed E-state index contributed by atoms with van der Waals surface area (Å²) in [6.45, 7) is 0. The molecule has 3 aromatic rings. The van der Waals surface area contributed by atoms with E-state index in [0.717, 1.165) is 22.9 Å². The van der Waals surface area contributed by atoms with E-state index in [2.05, 4.69) is 16.4 Å². The molecule has 1 heterocycles. The summed E-state index contributed by atoms with van der Waals surface area (Å²) in [7, 11) is 1.93. The number of rotatable bonds is 4. The van der Waals surface area contributed by atoms with Crippen LogP contribution in [0.25, 0.3) is 10.8 Å². The maximum Gasteiger partial charge on any atom is 0.131 e. The van der Waals surface area contributed by atoms with E-state index in [1.54, 1.807) is 12.3 Å². The third-order valence-corrected chi connectivity index (χ3v) is 3.79. The largest absolute Gasteiger partial charge is 0.313 e. The number of likely N-dealkylation sites (N-methyl/N-ethyl adjacent to an activating group) is 1. The number of fused-ring (bicyclic) bond motifs is 1. The third-order valence-electron chi connectivity index (χ3n) is 3.79. The van der Waals surface area contributed by atoms with Crippen LogP contribution in [-0.2, 0) is 6.42 Å². The first-order valence-corrected chi connectivity index (χ1v) is 7.03. The quantitative estimate of drug-likeness (QED) is 0.784. The molecule has 0 aliphatic rings. The fourth-order valence-electron chi connectivity index (χ4n) is 2.71. The lowest BCUT2D eigenvalue weighted by atomic mass is 9.94. The Balaban J connectivity index is 2.03. The Morgan fingerprint density at radius 1 is 1.05 bits per heavy atom. The molecule has 0 radical (unpaired) electrons. The van der Waals surface area contributed by atoms with Crippen LogP contribution in [0.4, 0.5) is 4.39 Å². The first-order chi connectivity index (χ1) is 10.3. The second-order valence-corrected chi connectivity index (χ2v) is 5.09. The van der Waals surface area contributed by atoms with E-state index < -0.39 is 0 Å². The van der Waals surface area contributed by atoms with Crippen LogP contribution in [0.3, 0.4) is 0 Å². The summed E-state index contributed by atoms with van der Waals surface area (Å²) in [4.78, 5) is 4.15. The van der Waals surface area contributed by atoms with Gasteiger partial charge >= 0.3 is 0 Å². The van der Waals surface area contributed by atoms with Gasteiger partial charge in [-0.15, -0.1) is 0 Å². The molecule has 0 aliphatic carbocycles. The second kappa shape index (κ2) is 6.02. The maximum atomic E-state index is 13.9. The fraction of sp³-hybridized carbons (Fsp3) is 0.167. The average molecular weight is 280 g/mol. The number of nitrogens with zero attached hydrogens (tertiary/aromatic N) is 1. The van der Waals surface area contributed by atoms with Gasteiger partial charge in [-0.3, -0.25) is 4.98 Å². The molecule has 1 unspecified atom stereocenters. The average Bonchev–Trinajstić information content (AvgIpc) is 2.55. The van der Waals surface area contributed by atoms with Crippen LogP contribution in [0.1, 0.15) is 17.2 Å². The van der Waals surface area contributed by atoms with Crippen LogP contribution in [-0.4, -0.2) is 12.0 Å². The predicted molar refractivity (Wildman–Crippen MR) is 83.6 cm³/mol. The number of hydrogen-bond donors (Lipinski definition) is 1. The molecule has 21 heavy (non-hydrogen) atoms. The van der Waals surface area contributed by atoms with Crippen LogP contribution < -0.4 is 5.32 Å². The van der Waals surface area contributed by atoms with Gasteiger partial charge in [0.1, 0.15) is 5.82 Å². The first kappa shape index (κ1) is 13.7. The van der Waals surface area contributed by atoms with Gasteiger partial charge in [-0.05, 0) is 42.1 Å². The zero-order valence-corrected chi connectivity index (χ0v) is 11.9. The highest BCUT2D eigenvalue weighted by atomic mass is 19.1. The molecule has 0 aliphatic heterocycles. The summed E-state index contributed by atoms with van der Waals surface area (Å²) >= 11 is 0. The van der Waals surface area contributed by atoms with Crippen LogP contribution in [0, 0.1) is 5.82 Å². The lowest BCUT2D eigenvalue weighted by Crippen LogP contribution is -2.19. The molecule has 0 fully saturated rings. The van der Waals surface area contributed by atoms with Crippen molar-refractivity contribution in [2.75, 3.05) is 7.05 Å². The van der Waals surface area contributed by atoms with Gasteiger partial charge in [0.2, 0.25) is 0 Å². The SMILES string of the molecule is CNC(Cc1cccnc1)c1ccc(F)c2ccccc12. The summed E-state index contributed by atoms with van der Waals surface area (Å²) in [5.74, 6) is -0.175.